The maximum Gasteiger partial charge on any atom is 0.306 e. The van der Waals surface area contributed by atoms with E-state index in [0.29, 0.717) is 24.1 Å². The van der Waals surface area contributed by atoms with Gasteiger partial charge in [0.05, 0.1) is 34.4 Å². The molecule has 0 aromatic heterocycles. The maximum atomic E-state index is 12.7. The largest absolute Gasteiger partial charge is 0.756 e. The highest BCUT2D eigenvalue weighted by Crippen LogP contribution is 2.38. The molecule has 0 N–H and O–H groups in total. The molecule has 0 aliphatic heterocycles. The van der Waals surface area contributed by atoms with Crippen molar-refractivity contribution in [1.82, 2.24) is 0 Å². The first-order valence-electron chi connectivity index (χ1n) is 26.5. The van der Waals surface area contributed by atoms with Crippen molar-refractivity contribution >= 4 is 13.8 Å². The Labute approximate surface area is 396 Å². The molecule has 9 heteroatoms. The summed E-state index contributed by atoms with van der Waals surface area (Å²) in [5.41, 5.74) is 0. The average Bonchev–Trinajstić information content (AvgIpc) is 3.25. The molecule has 0 heterocycles. The molecule has 0 radical (unpaired) electrons. The Bertz CT molecular complexity index is 1210. The number of ether oxygens (including phenoxy) is 2. The number of hydrogen-bond acceptors (Lipinski definition) is 7. The lowest BCUT2D eigenvalue weighted by Gasteiger charge is -2.28. The normalized spacial score (nSPS) is 14.0. The Hall–Kier alpha value is -1.80. The molecular formula is C55H102NO7P. The van der Waals surface area contributed by atoms with Crippen LogP contribution < -0.4 is 4.89 Å². The molecule has 0 aliphatic carbocycles. The lowest BCUT2D eigenvalue weighted by atomic mass is 10.1. The van der Waals surface area contributed by atoms with Gasteiger partial charge in [-0.1, -0.05) is 197 Å². The predicted molar refractivity (Wildman–Crippen MR) is 273 cm³/mol. The number of nitrogens with zero attached hydrogens (tertiary/aromatic N) is 1. The zero-order chi connectivity index (χ0) is 46.9. The van der Waals surface area contributed by atoms with E-state index in [-0.39, 0.29) is 25.8 Å². The fourth-order valence-corrected chi connectivity index (χ4v) is 7.90. The summed E-state index contributed by atoms with van der Waals surface area (Å²) in [5, 5.41) is 0. The van der Waals surface area contributed by atoms with E-state index in [1.807, 2.05) is 21.1 Å². The monoisotopic (exact) mass is 920 g/mol. The molecule has 0 bridgehead atoms. The van der Waals surface area contributed by atoms with Gasteiger partial charge < -0.3 is 27.9 Å². The number of esters is 1. The molecule has 2 atom stereocenters. The van der Waals surface area contributed by atoms with Gasteiger partial charge >= 0.3 is 5.97 Å². The van der Waals surface area contributed by atoms with Gasteiger partial charge in [0.1, 0.15) is 19.3 Å². The molecule has 374 valence electrons. The third kappa shape index (κ3) is 51.2. The Balaban J connectivity index is 4.15. The van der Waals surface area contributed by atoms with E-state index in [2.05, 4.69) is 74.6 Å². The summed E-state index contributed by atoms with van der Waals surface area (Å²) in [6, 6.07) is 0. The second-order valence-corrected chi connectivity index (χ2v) is 20.3. The van der Waals surface area contributed by atoms with E-state index >= 15 is 0 Å². The highest BCUT2D eigenvalue weighted by Gasteiger charge is 2.20. The van der Waals surface area contributed by atoms with Crippen LogP contribution in [0.15, 0.2) is 60.8 Å². The van der Waals surface area contributed by atoms with Crippen LogP contribution in [0, 0.1) is 0 Å². The second-order valence-electron chi connectivity index (χ2n) is 18.9. The van der Waals surface area contributed by atoms with Crippen molar-refractivity contribution in [2.45, 2.75) is 232 Å². The van der Waals surface area contributed by atoms with Crippen LogP contribution in [0.5, 0.6) is 0 Å². The van der Waals surface area contributed by atoms with Gasteiger partial charge in [-0.2, -0.15) is 0 Å². The quantitative estimate of drug-likeness (QED) is 0.0197. The summed E-state index contributed by atoms with van der Waals surface area (Å²) in [6.45, 7) is 5.37. The summed E-state index contributed by atoms with van der Waals surface area (Å²) < 4.78 is 34.8. The van der Waals surface area contributed by atoms with Gasteiger partial charge in [0, 0.05) is 13.0 Å². The zero-order valence-electron chi connectivity index (χ0n) is 42.5. The number of carbonyl (C=O) groups excluding carboxylic acids is 1. The summed E-state index contributed by atoms with van der Waals surface area (Å²) in [6.07, 6.45) is 61.0. The van der Waals surface area contributed by atoms with E-state index in [0.717, 1.165) is 57.8 Å². The molecule has 0 saturated carbocycles. The van der Waals surface area contributed by atoms with Crippen LogP contribution in [-0.4, -0.2) is 70.7 Å². The molecule has 0 spiro atoms. The van der Waals surface area contributed by atoms with E-state index in [4.69, 9.17) is 18.5 Å². The van der Waals surface area contributed by atoms with Crippen molar-refractivity contribution in [3.05, 3.63) is 60.8 Å². The van der Waals surface area contributed by atoms with Gasteiger partial charge in [-0.15, -0.1) is 0 Å². The lowest BCUT2D eigenvalue weighted by molar-refractivity contribution is -0.870. The van der Waals surface area contributed by atoms with E-state index in [9.17, 15) is 14.3 Å². The molecule has 64 heavy (non-hydrogen) atoms. The average molecular weight is 920 g/mol. The molecule has 0 saturated heterocycles. The van der Waals surface area contributed by atoms with Crippen LogP contribution in [0.4, 0.5) is 0 Å². The molecule has 0 fully saturated rings. The van der Waals surface area contributed by atoms with Crippen molar-refractivity contribution in [1.29, 1.82) is 0 Å². The highest BCUT2D eigenvalue weighted by molar-refractivity contribution is 7.45. The maximum absolute atomic E-state index is 12.7. The van der Waals surface area contributed by atoms with Gasteiger partial charge in [0.15, 0.2) is 0 Å². The van der Waals surface area contributed by atoms with E-state index < -0.39 is 13.9 Å². The Morgan fingerprint density at radius 3 is 1.30 bits per heavy atom. The molecule has 0 amide bonds. The number of quaternary nitrogens is 1. The van der Waals surface area contributed by atoms with Gasteiger partial charge in [0.2, 0.25) is 0 Å². The van der Waals surface area contributed by atoms with Crippen LogP contribution in [0.1, 0.15) is 226 Å². The van der Waals surface area contributed by atoms with Gasteiger partial charge in [-0.05, 0) is 83.5 Å². The number of likely N-dealkylation sites (N-methyl/N-ethyl adjacent to an activating group) is 1. The zero-order valence-corrected chi connectivity index (χ0v) is 43.4. The van der Waals surface area contributed by atoms with Gasteiger partial charge in [-0.25, -0.2) is 0 Å². The van der Waals surface area contributed by atoms with Crippen molar-refractivity contribution in [3.8, 4) is 0 Å². The van der Waals surface area contributed by atoms with Crippen LogP contribution >= 0.6 is 7.82 Å². The SMILES string of the molecule is CCCCCC/C=C\C/C=C\CCCCCCCCCC(=O)OC(COCCCCCCCCCCC/C=C\C/C=C\C/C=C\CCCCCCC)COP(=O)([O-])OCC[N+](C)(C)C. The predicted octanol–water partition coefficient (Wildman–Crippen LogP) is 15.8. The van der Waals surface area contributed by atoms with Crippen LogP contribution in [-0.2, 0) is 27.9 Å². The minimum Gasteiger partial charge on any atom is -0.756 e. The van der Waals surface area contributed by atoms with Gasteiger partial charge in [-0.3, -0.25) is 9.36 Å². The molecule has 0 aromatic rings. The standard InChI is InChI=1S/C55H102NO7P/c1-6-8-10-12-14-16-18-20-22-24-26-27-28-29-30-31-33-35-37-39-41-43-45-47-50-60-52-54(53-62-64(58,59)61-51-49-56(3,4)5)63-55(57)48-46-44-42-40-38-36-34-32-25-23-21-19-17-15-13-11-9-7-2/h17-20,23-26,28-29,54H,6-16,21-22,27,30-53H2,1-5H3/b19-17-,20-18-,25-23-,26-24-,29-28-. The van der Waals surface area contributed by atoms with Crippen molar-refractivity contribution in [2.75, 3.05) is 54.1 Å². The fraction of sp³-hybridized carbons (Fsp3) is 0.800. The van der Waals surface area contributed by atoms with Crippen molar-refractivity contribution in [3.63, 3.8) is 0 Å². The smallest absolute Gasteiger partial charge is 0.306 e. The van der Waals surface area contributed by atoms with Crippen molar-refractivity contribution < 1.29 is 37.3 Å². The Morgan fingerprint density at radius 1 is 0.484 bits per heavy atom. The van der Waals surface area contributed by atoms with Crippen LogP contribution in [0.2, 0.25) is 0 Å². The van der Waals surface area contributed by atoms with Crippen LogP contribution in [0.3, 0.4) is 0 Å². The number of carbonyl (C=O) groups is 1. The number of unbranched alkanes of at least 4 members (excludes halogenated alkanes) is 25. The molecule has 0 aliphatic rings. The molecule has 8 nitrogen and oxygen atoms in total. The summed E-state index contributed by atoms with van der Waals surface area (Å²) in [7, 11) is 1.34. The first-order valence-corrected chi connectivity index (χ1v) is 28.0. The van der Waals surface area contributed by atoms with Gasteiger partial charge in [0.25, 0.3) is 7.82 Å². The third-order valence-electron chi connectivity index (χ3n) is 11.3. The third-order valence-corrected chi connectivity index (χ3v) is 12.3. The topological polar surface area (TPSA) is 94.1 Å². The number of hydrogen-bond donors (Lipinski definition) is 0. The highest BCUT2D eigenvalue weighted by atomic mass is 31.2. The first kappa shape index (κ1) is 62.2. The number of rotatable bonds is 49. The number of allylic oxidation sites excluding steroid dienone is 10. The molecule has 0 aromatic carbocycles. The first-order chi connectivity index (χ1) is 31.1. The molecule has 0 rings (SSSR count). The second kappa shape index (κ2) is 47.7. The summed E-state index contributed by atoms with van der Waals surface area (Å²) in [4.78, 5) is 25.2. The number of phosphoric acid groups is 1. The van der Waals surface area contributed by atoms with E-state index in [1.54, 1.807) is 0 Å². The van der Waals surface area contributed by atoms with Crippen molar-refractivity contribution in [2.24, 2.45) is 0 Å². The van der Waals surface area contributed by atoms with E-state index in [1.165, 1.54) is 148 Å². The van der Waals surface area contributed by atoms with Crippen LogP contribution in [0.25, 0.3) is 0 Å². The number of phosphoric ester groups is 1. The molecule has 2 unspecified atom stereocenters. The fourth-order valence-electron chi connectivity index (χ4n) is 7.17. The summed E-state index contributed by atoms with van der Waals surface area (Å²) in [5.74, 6) is -0.344. The Kier molecular flexibility index (Phi) is 46.3. The molecular weight excluding hydrogens is 818 g/mol. The minimum atomic E-state index is -4.54. The minimum absolute atomic E-state index is 0.0212. The summed E-state index contributed by atoms with van der Waals surface area (Å²) >= 11 is 0. The lowest BCUT2D eigenvalue weighted by Crippen LogP contribution is -2.37. The Morgan fingerprint density at radius 2 is 0.859 bits per heavy atom.